The Balaban J connectivity index is 1.64. The number of urea groups is 1. The predicted octanol–water partition coefficient (Wildman–Crippen LogP) is -1.37. The van der Waals surface area contributed by atoms with Gasteiger partial charge in [0.15, 0.2) is 0 Å². The fourth-order valence-electron chi connectivity index (χ4n) is 2.75. The van der Waals surface area contributed by atoms with Gasteiger partial charge in [0, 0.05) is 46.1 Å². The summed E-state index contributed by atoms with van der Waals surface area (Å²) < 4.78 is 0. The van der Waals surface area contributed by atoms with Gasteiger partial charge in [-0.3, -0.25) is 14.4 Å². The van der Waals surface area contributed by atoms with Gasteiger partial charge in [-0.1, -0.05) is 0 Å². The second kappa shape index (κ2) is 7.98. The molecule has 1 saturated heterocycles. The lowest BCUT2D eigenvalue weighted by Crippen LogP contribution is -2.51. The lowest BCUT2D eigenvalue weighted by molar-refractivity contribution is -0.138. The molecule has 1 heterocycles. The SMILES string of the molecule is CC(=O)N1CCN(C(=O)CCNC(=O)NC(C(N)=O)C2CC2)CC1. The number of hydrogen-bond donors (Lipinski definition) is 3. The van der Waals surface area contributed by atoms with Crippen LogP contribution in [-0.4, -0.2) is 72.3 Å². The second-order valence-corrected chi connectivity index (χ2v) is 6.25. The highest BCUT2D eigenvalue weighted by atomic mass is 16.2. The van der Waals surface area contributed by atoms with E-state index in [1.165, 1.54) is 6.92 Å². The van der Waals surface area contributed by atoms with E-state index >= 15 is 0 Å². The summed E-state index contributed by atoms with van der Waals surface area (Å²) in [6.45, 7) is 3.80. The monoisotopic (exact) mass is 339 g/mol. The number of nitrogens with zero attached hydrogens (tertiary/aromatic N) is 2. The molecule has 0 radical (unpaired) electrons. The second-order valence-electron chi connectivity index (χ2n) is 6.25. The van der Waals surface area contributed by atoms with Gasteiger partial charge in [0.25, 0.3) is 0 Å². The van der Waals surface area contributed by atoms with Crippen molar-refractivity contribution >= 4 is 23.8 Å². The standard InChI is InChI=1S/C15H25N5O4/c1-10(21)19-6-8-20(9-7-19)12(22)4-5-17-15(24)18-13(14(16)23)11-2-3-11/h11,13H,2-9H2,1H3,(H2,16,23)(H2,17,18,24). The number of primary amides is 1. The van der Waals surface area contributed by atoms with Gasteiger partial charge in [-0.05, 0) is 18.8 Å². The van der Waals surface area contributed by atoms with Crippen LogP contribution in [0.5, 0.6) is 0 Å². The molecule has 1 aliphatic carbocycles. The third-order valence-corrected chi connectivity index (χ3v) is 4.39. The van der Waals surface area contributed by atoms with Gasteiger partial charge in [0.1, 0.15) is 6.04 Å². The van der Waals surface area contributed by atoms with Gasteiger partial charge < -0.3 is 26.2 Å². The highest BCUT2D eigenvalue weighted by molar-refractivity contribution is 5.86. The van der Waals surface area contributed by atoms with Gasteiger partial charge in [-0.15, -0.1) is 0 Å². The number of nitrogens with one attached hydrogen (secondary N) is 2. The molecule has 2 rings (SSSR count). The number of amides is 5. The molecule has 1 aliphatic heterocycles. The summed E-state index contributed by atoms with van der Waals surface area (Å²) >= 11 is 0. The maximum Gasteiger partial charge on any atom is 0.315 e. The van der Waals surface area contributed by atoms with Crippen molar-refractivity contribution in [2.24, 2.45) is 11.7 Å². The van der Waals surface area contributed by atoms with Crippen molar-refractivity contribution in [1.82, 2.24) is 20.4 Å². The fourth-order valence-corrected chi connectivity index (χ4v) is 2.75. The average Bonchev–Trinajstić information content (AvgIpc) is 3.37. The largest absolute Gasteiger partial charge is 0.368 e. The van der Waals surface area contributed by atoms with Gasteiger partial charge in [0.05, 0.1) is 0 Å². The number of rotatable bonds is 6. The van der Waals surface area contributed by atoms with Crippen LogP contribution in [0.4, 0.5) is 4.79 Å². The van der Waals surface area contributed by atoms with E-state index in [4.69, 9.17) is 5.73 Å². The quantitative estimate of drug-likeness (QED) is 0.552. The topological polar surface area (TPSA) is 125 Å². The van der Waals surface area contributed by atoms with Crippen molar-refractivity contribution in [2.75, 3.05) is 32.7 Å². The smallest absolute Gasteiger partial charge is 0.315 e. The Bertz CT molecular complexity index is 512. The first-order valence-corrected chi connectivity index (χ1v) is 8.25. The maximum absolute atomic E-state index is 12.1. The molecule has 0 spiro atoms. The van der Waals surface area contributed by atoms with Crippen molar-refractivity contribution in [2.45, 2.75) is 32.2 Å². The molecule has 1 unspecified atom stereocenters. The molecule has 2 aliphatic rings. The van der Waals surface area contributed by atoms with Crippen LogP contribution in [0.25, 0.3) is 0 Å². The molecule has 0 aromatic heterocycles. The minimum absolute atomic E-state index is 0.0140. The summed E-state index contributed by atoms with van der Waals surface area (Å²) in [5.74, 6) is -0.452. The molecule has 2 fully saturated rings. The van der Waals surface area contributed by atoms with Crippen LogP contribution in [0.15, 0.2) is 0 Å². The molecule has 0 aromatic carbocycles. The van der Waals surface area contributed by atoms with Gasteiger partial charge in [-0.2, -0.15) is 0 Å². The highest BCUT2D eigenvalue weighted by Gasteiger charge is 2.36. The van der Waals surface area contributed by atoms with E-state index in [9.17, 15) is 19.2 Å². The number of piperazine rings is 1. The van der Waals surface area contributed by atoms with E-state index in [2.05, 4.69) is 10.6 Å². The summed E-state index contributed by atoms with van der Waals surface area (Å²) in [5.41, 5.74) is 5.26. The van der Waals surface area contributed by atoms with Crippen molar-refractivity contribution in [3.63, 3.8) is 0 Å². The van der Waals surface area contributed by atoms with Crippen LogP contribution < -0.4 is 16.4 Å². The third kappa shape index (κ3) is 5.10. The fraction of sp³-hybridized carbons (Fsp3) is 0.733. The first kappa shape index (κ1) is 18.0. The first-order chi connectivity index (χ1) is 11.4. The first-order valence-electron chi connectivity index (χ1n) is 8.25. The Morgan fingerprint density at radius 2 is 1.67 bits per heavy atom. The van der Waals surface area contributed by atoms with E-state index in [0.29, 0.717) is 26.2 Å². The number of carbonyl (C=O) groups is 4. The Hall–Kier alpha value is -2.32. The molecule has 9 nitrogen and oxygen atoms in total. The Labute approximate surface area is 140 Å². The molecule has 134 valence electrons. The minimum atomic E-state index is -0.639. The molecule has 0 aromatic rings. The van der Waals surface area contributed by atoms with E-state index in [0.717, 1.165) is 12.8 Å². The highest BCUT2D eigenvalue weighted by Crippen LogP contribution is 2.32. The van der Waals surface area contributed by atoms with E-state index < -0.39 is 18.0 Å². The molecule has 9 heteroatoms. The lowest BCUT2D eigenvalue weighted by atomic mass is 10.2. The Kier molecular flexibility index (Phi) is 5.99. The molecular formula is C15H25N5O4. The zero-order valence-corrected chi connectivity index (χ0v) is 13.9. The average molecular weight is 339 g/mol. The summed E-state index contributed by atoms with van der Waals surface area (Å²) in [6.07, 6.45) is 1.95. The van der Waals surface area contributed by atoms with Crippen molar-refractivity contribution < 1.29 is 19.2 Å². The zero-order valence-electron chi connectivity index (χ0n) is 13.9. The molecular weight excluding hydrogens is 314 g/mol. The van der Waals surface area contributed by atoms with Gasteiger partial charge in [-0.25, -0.2) is 4.79 Å². The summed E-state index contributed by atoms with van der Waals surface area (Å²) in [7, 11) is 0. The Morgan fingerprint density at radius 1 is 1.08 bits per heavy atom. The minimum Gasteiger partial charge on any atom is -0.368 e. The van der Waals surface area contributed by atoms with E-state index in [1.807, 2.05) is 0 Å². The van der Waals surface area contributed by atoms with Crippen molar-refractivity contribution in [3.05, 3.63) is 0 Å². The zero-order chi connectivity index (χ0) is 17.7. The summed E-state index contributed by atoms with van der Waals surface area (Å²) in [6, 6.07) is -1.12. The van der Waals surface area contributed by atoms with Gasteiger partial charge >= 0.3 is 6.03 Å². The maximum atomic E-state index is 12.1. The number of hydrogen-bond acceptors (Lipinski definition) is 4. The molecule has 1 saturated carbocycles. The molecule has 4 N–H and O–H groups in total. The number of carbonyl (C=O) groups excluding carboxylic acids is 4. The predicted molar refractivity (Wildman–Crippen MR) is 85.7 cm³/mol. The number of nitrogens with two attached hydrogens (primary N) is 1. The summed E-state index contributed by atoms with van der Waals surface area (Å²) in [5, 5.41) is 5.13. The molecule has 5 amide bonds. The van der Waals surface area contributed by atoms with Crippen LogP contribution >= 0.6 is 0 Å². The molecule has 24 heavy (non-hydrogen) atoms. The van der Waals surface area contributed by atoms with E-state index in [-0.39, 0.29) is 30.7 Å². The third-order valence-electron chi connectivity index (χ3n) is 4.39. The van der Waals surface area contributed by atoms with Crippen LogP contribution in [0.3, 0.4) is 0 Å². The van der Waals surface area contributed by atoms with Crippen molar-refractivity contribution in [1.29, 1.82) is 0 Å². The summed E-state index contributed by atoms with van der Waals surface area (Å²) in [4.78, 5) is 49.8. The normalized spacial score (nSPS) is 18.7. The van der Waals surface area contributed by atoms with E-state index in [1.54, 1.807) is 9.80 Å². The van der Waals surface area contributed by atoms with Crippen molar-refractivity contribution in [3.8, 4) is 0 Å². The van der Waals surface area contributed by atoms with Crippen LogP contribution in [-0.2, 0) is 14.4 Å². The van der Waals surface area contributed by atoms with Gasteiger partial charge in [0.2, 0.25) is 17.7 Å². The molecule has 1 atom stereocenters. The molecule has 0 bridgehead atoms. The van der Waals surface area contributed by atoms with Crippen LogP contribution in [0.1, 0.15) is 26.2 Å². The Morgan fingerprint density at radius 3 is 2.17 bits per heavy atom. The van der Waals surface area contributed by atoms with Crippen LogP contribution in [0, 0.1) is 5.92 Å². The lowest BCUT2D eigenvalue weighted by Gasteiger charge is -2.34. The van der Waals surface area contributed by atoms with Crippen LogP contribution in [0.2, 0.25) is 0 Å².